The minimum Gasteiger partial charge on any atom is -0.268 e. The predicted molar refractivity (Wildman–Crippen MR) is 53.8 cm³/mol. The maximum atomic E-state index is 11.0. The minimum atomic E-state index is -3.67. The summed E-state index contributed by atoms with van der Waals surface area (Å²) in [4.78, 5) is 10.5. The van der Waals surface area contributed by atoms with E-state index in [-0.39, 0.29) is 41.2 Å². The van der Waals surface area contributed by atoms with E-state index in [9.17, 15) is 13.2 Å². The van der Waals surface area contributed by atoms with E-state index in [0.717, 1.165) is 6.08 Å². The smallest absolute Gasteiger partial charge is 0.268 e. The van der Waals surface area contributed by atoms with Gasteiger partial charge in [-0.25, -0.2) is 5.48 Å². The SMILES string of the molecule is C=CC(=O)NOS(=O)(=O)CC(C)C.[Na]. The van der Waals surface area contributed by atoms with Gasteiger partial charge in [-0.3, -0.25) is 4.79 Å². The van der Waals surface area contributed by atoms with Crippen molar-refractivity contribution in [3.05, 3.63) is 12.7 Å². The molecule has 0 fully saturated rings. The first-order valence-corrected chi connectivity index (χ1v) is 5.28. The predicted octanol–water partition coefficient (Wildman–Crippen LogP) is -0.175. The first-order valence-electron chi connectivity index (χ1n) is 3.71. The summed E-state index contributed by atoms with van der Waals surface area (Å²) in [5, 5.41) is 0. The van der Waals surface area contributed by atoms with Crippen LogP contribution in [0.15, 0.2) is 12.7 Å². The number of nitrogens with one attached hydrogen (secondary N) is 1. The van der Waals surface area contributed by atoms with Crippen molar-refractivity contribution in [1.29, 1.82) is 0 Å². The van der Waals surface area contributed by atoms with Gasteiger partial charge in [-0.2, -0.15) is 8.42 Å². The van der Waals surface area contributed by atoms with Crippen molar-refractivity contribution in [3.63, 3.8) is 0 Å². The molecule has 0 saturated heterocycles. The molecular formula is C7H13NNaO4S. The van der Waals surface area contributed by atoms with Crippen molar-refractivity contribution in [2.75, 3.05) is 5.75 Å². The summed E-state index contributed by atoms with van der Waals surface area (Å²) in [5.74, 6) is -0.872. The first kappa shape index (κ1) is 16.5. The van der Waals surface area contributed by atoms with Crippen LogP contribution in [0.2, 0.25) is 0 Å². The Morgan fingerprint density at radius 2 is 2.07 bits per heavy atom. The van der Waals surface area contributed by atoms with E-state index in [4.69, 9.17) is 0 Å². The minimum absolute atomic E-state index is 0. The molecule has 5 nitrogen and oxygen atoms in total. The number of hydrogen-bond acceptors (Lipinski definition) is 4. The standard InChI is InChI=1S/C7H13NO4S.Na/c1-4-7(9)8-12-13(10,11)5-6(2)3;/h4,6H,1,5H2,2-3H3,(H,8,9);. The topological polar surface area (TPSA) is 72.5 Å². The van der Waals surface area contributed by atoms with E-state index in [2.05, 4.69) is 10.9 Å². The summed E-state index contributed by atoms with van der Waals surface area (Å²) < 4.78 is 26.2. The molecule has 0 unspecified atom stereocenters. The van der Waals surface area contributed by atoms with Crippen LogP contribution in [0.3, 0.4) is 0 Å². The van der Waals surface area contributed by atoms with Gasteiger partial charge in [-0.05, 0) is 12.0 Å². The largest absolute Gasteiger partial charge is 0.288 e. The molecule has 0 aromatic carbocycles. The van der Waals surface area contributed by atoms with Gasteiger partial charge in [0.05, 0.1) is 5.75 Å². The number of amides is 1. The third-order valence-electron chi connectivity index (χ3n) is 0.992. The Hall–Kier alpha value is 0.120. The molecule has 1 amide bonds. The van der Waals surface area contributed by atoms with Gasteiger partial charge in [-0.1, -0.05) is 20.4 Å². The zero-order valence-electron chi connectivity index (χ0n) is 8.61. The zero-order valence-corrected chi connectivity index (χ0v) is 11.4. The van der Waals surface area contributed by atoms with Crippen LogP contribution in [0, 0.1) is 5.92 Å². The molecule has 0 heterocycles. The summed E-state index contributed by atoms with van der Waals surface area (Å²) in [6, 6.07) is 0. The Balaban J connectivity index is 0. The van der Waals surface area contributed by atoms with Gasteiger partial charge in [0, 0.05) is 29.6 Å². The van der Waals surface area contributed by atoms with Gasteiger partial charge in [0.2, 0.25) is 0 Å². The van der Waals surface area contributed by atoms with E-state index in [1.165, 1.54) is 0 Å². The van der Waals surface area contributed by atoms with Crippen LogP contribution in [0.4, 0.5) is 0 Å². The fourth-order valence-corrected chi connectivity index (χ4v) is 1.68. The van der Waals surface area contributed by atoms with Crippen LogP contribution in [-0.2, 0) is 19.2 Å². The summed E-state index contributed by atoms with van der Waals surface area (Å²) in [6.45, 7) is 6.60. The quantitative estimate of drug-likeness (QED) is 0.404. The number of rotatable bonds is 5. The van der Waals surface area contributed by atoms with E-state index < -0.39 is 16.0 Å². The third-order valence-corrected chi connectivity index (χ3v) is 2.40. The Bertz CT molecular complexity index is 286. The summed E-state index contributed by atoms with van der Waals surface area (Å²) >= 11 is 0. The molecule has 0 aromatic rings. The maximum Gasteiger partial charge on any atom is 0.288 e. The van der Waals surface area contributed by atoms with E-state index >= 15 is 0 Å². The molecule has 14 heavy (non-hydrogen) atoms. The van der Waals surface area contributed by atoms with E-state index in [1.807, 2.05) is 0 Å². The summed E-state index contributed by atoms with van der Waals surface area (Å²) in [7, 11) is -3.67. The molecule has 0 aliphatic rings. The fraction of sp³-hybridized carbons (Fsp3) is 0.571. The normalized spacial score (nSPS) is 10.5. The summed E-state index contributed by atoms with van der Waals surface area (Å²) in [6.07, 6.45) is 0.922. The molecule has 0 aliphatic heterocycles. The van der Waals surface area contributed by atoms with E-state index in [0.29, 0.717) is 0 Å². The second kappa shape index (κ2) is 7.42. The molecule has 77 valence electrons. The number of carbonyl (C=O) groups is 1. The van der Waals surface area contributed by atoms with Gasteiger partial charge >= 0.3 is 0 Å². The number of hydrogen-bond donors (Lipinski definition) is 1. The van der Waals surface area contributed by atoms with Crippen LogP contribution in [0.1, 0.15) is 13.8 Å². The molecule has 7 heteroatoms. The Morgan fingerprint density at radius 3 is 2.43 bits per heavy atom. The average Bonchev–Trinajstić information content (AvgIpc) is 1.98. The third kappa shape index (κ3) is 8.71. The zero-order chi connectivity index (χ0) is 10.5. The van der Waals surface area contributed by atoms with Crippen molar-refractivity contribution in [2.24, 2.45) is 5.92 Å². The van der Waals surface area contributed by atoms with Crippen molar-refractivity contribution < 1.29 is 17.5 Å². The molecule has 0 aliphatic carbocycles. The van der Waals surface area contributed by atoms with Crippen LogP contribution in [0.25, 0.3) is 0 Å². The molecule has 0 spiro atoms. The molecule has 0 rings (SSSR count). The number of carbonyl (C=O) groups excluding carboxylic acids is 1. The van der Waals surface area contributed by atoms with Crippen LogP contribution in [-0.4, -0.2) is 49.6 Å². The summed E-state index contributed by atoms with van der Waals surface area (Å²) in [5.41, 5.74) is 1.73. The Morgan fingerprint density at radius 1 is 1.57 bits per heavy atom. The van der Waals surface area contributed by atoms with Crippen molar-refractivity contribution in [2.45, 2.75) is 13.8 Å². The van der Waals surface area contributed by atoms with Crippen molar-refractivity contribution in [1.82, 2.24) is 5.48 Å². The second-order valence-electron chi connectivity index (χ2n) is 2.87. The fourth-order valence-electron chi connectivity index (χ4n) is 0.588. The van der Waals surface area contributed by atoms with Crippen LogP contribution in [0.5, 0.6) is 0 Å². The van der Waals surface area contributed by atoms with Gasteiger partial charge in [0.25, 0.3) is 16.0 Å². The van der Waals surface area contributed by atoms with Gasteiger partial charge in [-0.15, -0.1) is 4.28 Å². The molecule has 0 aromatic heterocycles. The maximum absolute atomic E-state index is 11.0. The van der Waals surface area contributed by atoms with Crippen molar-refractivity contribution in [3.8, 4) is 0 Å². The van der Waals surface area contributed by atoms with Gasteiger partial charge in [0.15, 0.2) is 0 Å². The molecule has 1 radical (unpaired) electrons. The first-order chi connectivity index (χ1) is 5.87. The molecule has 1 N–H and O–H groups in total. The Kier molecular flexibility index (Phi) is 8.77. The Labute approximate surface area is 106 Å². The average molecular weight is 230 g/mol. The van der Waals surface area contributed by atoms with Crippen LogP contribution < -0.4 is 5.48 Å². The molecule has 0 saturated carbocycles. The molecule has 0 bridgehead atoms. The van der Waals surface area contributed by atoms with Crippen LogP contribution >= 0.6 is 0 Å². The molecule has 0 atom stereocenters. The molecular weight excluding hydrogens is 217 g/mol. The monoisotopic (exact) mass is 230 g/mol. The number of hydroxylamine groups is 1. The second-order valence-corrected chi connectivity index (χ2v) is 4.49. The van der Waals surface area contributed by atoms with E-state index in [1.54, 1.807) is 19.3 Å². The van der Waals surface area contributed by atoms with Gasteiger partial charge in [0.1, 0.15) is 0 Å². The van der Waals surface area contributed by atoms with Crippen molar-refractivity contribution >= 4 is 45.6 Å². The van der Waals surface area contributed by atoms with Gasteiger partial charge < -0.3 is 0 Å².